The number of aromatic nitrogens is 2. The summed E-state index contributed by atoms with van der Waals surface area (Å²) in [6.45, 7) is 4.11. The van der Waals surface area contributed by atoms with Crippen molar-refractivity contribution in [1.82, 2.24) is 9.97 Å². The molecule has 0 bridgehead atoms. The van der Waals surface area contributed by atoms with Gasteiger partial charge in [0.15, 0.2) is 0 Å². The third-order valence-corrected chi connectivity index (χ3v) is 15.8. The Bertz CT molecular complexity index is 4080. The Hall–Kier alpha value is -9.58. The molecule has 3 aromatic heterocycles. The molecule has 5 heteroatoms. The fourth-order valence-electron chi connectivity index (χ4n) is 12.4. The van der Waals surface area contributed by atoms with Crippen LogP contribution in [0.5, 0.6) is 0 Å². The van der Waals surface area contributed by atoms with Crippen LogP contribution in [-0.2, 0) is 5.41 Å². The molecule has 0 N–H and O–H groups in total. The van der Waals surface area contributed by atoms with E-state index in [1.54, 1.807) is 0 Å². The van der Waals surface area contributed by atoms with Gasteiger partial charge in [-0.3, -0.25) is 9.97 Å². The molecule has 2 aliphatic rings. The quantitative estimate of drug-likeness (QED) is 0.137. The third kappa shape index (κ3) is 7.30. The highest BCUT2D eigenvalue weighted by Gasteiger charge is 2.54. The Balaban J connectivity index is 1.07. The molecule has 0 spiro atoms. The van der Waals surface area contributed by atoms with Crippen molar-refractivity contribution in [2.45, 2.75) is 31.7 Å². The van der Waals surface area contributed by atoms with Gasteiger partial charge in [0.2, 0.25) is 0 Å². The highest BCUT2D eigenvalue weighted by Crippen LogP contribution is 2.65. The molecule has 76 heavy (non-hydrogen) atoms. The van der Waals surface area contributed by atoms with Gasteiger partial charge in [-0.15, -0.1) is 0 Å². The first-order valence-electron chi connectivity index (χ1n) is 26.2. The summed E-state index contributed by atoms with van der Waals surface area (Å²) in [4.78, 5) is 14.8. The molecule has 2 aliphatic carbocycles. The summed E-state index contributed by atoms with van der Waals surface area (Å²) in [6, 6.07) is 90.2. The lowest BCUT2D eigenvalue weighted by molar-refractivity contribution is 0.556. The first kappa shape index (κ1) is 45.1. The zero-order chi connectivity index (χ0) is 50.7. The van der Waals surface area contributed by atoms with Crippen LogP contribution in [0.15, 0.2) is 271 Å². The predicted molar refractivity (Wildman–Crippen MR) is 312 cm³/mol. The molecule has 0 saturated carbocycles. The van der Waals surface area contributed by atoms with Gasteiger partial charge in [0, 0.05) is 44.7 Å². The molecule has 0 aliphatic heterocycles. The highest BCUT2D eigenvalue weighted by atomic mass is 16.3. The van der Waals surface area contributed by atoms with E-state index in [1.165, 1.54) is 44.5 Å². The molecule has 5 nitrogen and oxygen atoms in total. The summed E-state index contributed by atoms with van der Waals surface area (Å²) in [5.41, 5.74) is 20.3. The van der Waals surface area contributed by atoms with Crippen LogP contribution in [0.1, 0.15) is 57.4 Å². The van der Waals surface area contributed by atoms with Crippen molar-refractivity contribution in [3.05, 3.63) is 312 Å². The zero-order valence-electron chi connectivity index (χ0n) is 42.3. The Kier molecular flexibility index (Phi) is 10.9. The van der Waals surface area contributed by atoms with Gasteiger partial charge >= 0.3 is 0 Å². The zero-order valence-corrected chi connectivity index (χ0v) is 42.3. The molecule has 0 saturated heterocycles. The summed E-state index contributed by atoms with van der Waals surface area (Å²) in [5.74, 6) is 0.905. The van der Waals surface area contributed by atoms with E-state index in [2.05, 4.69) is 265 Å². The number of anilines is 5. The summed E-state index contributed by atoms with van der Waals surface area (Å²) in [7, 11) is 0. The van der Waals surface area contributed by atoms with Crippen molar-refractivity contribution < 1.29 is 4.42 Å². The van der Waals surface area contributed by atoms with Crippen molar-refractivity contribution in [2.24, 2.45) is 0 Å². The van der Waals surface area contributed by atoms with Gasteiger partial charge in [0.05, 0.1) is 40.9 Å². The van der Waals surface area contributed by atoms with Crippen LogP contribution in [0, 0.1) is 13.8 Å². The molecule has 12 aromatic rings. The average molecular weight is 977 g/mol. The molecule has 9 aromatic carbocycles. The summed E-state index contributed by atoms with van der Waals surface area (Å²) < 4.78 is 7.48. The minimum absolute atomic E-state index is 0.213. The van der Waals surface area contributed by atoms with Crippen molar-refractivity contribution in [3.8, 4) is 22.3 Å². The van der Waals surface area contributed by atoms with Gasteiger partial charge in [-0.1, -0.05) is 188 Å². The first-order chi connectivity index (χ1) is 37.5. The Labute approximate surface area is 443 Å². The van der Waals surface area contributed by atoms with E-state index in [9.17, 15) is 0 Å². The second-order valence-corrected chi connectivity index (χ2v) is 20.1. The number of nitrogens with zero attached hydrogens (tertiary/aromatic N) is 4. The van der Waals surface area contributed by atoms with E-state index < -0.39 is 5.41 Å². The van der Waals surface area contributed by atoms with Crippen molar-refractivity contribution in [1.29, 1.82) is 0 Å². The van der Waals surface area contributed by atoms with Gasteiger partial charge in [-0.25, -0.2) is 0 Å². The summed E-state index contributed by atoms with van der Waals surface area (Å²) in [6.07, 6.45) is 4.73. The molecule has 0 fully saturated rings. The lowest BCUT2D eigenvalue weighted by atomic mass is 9.64. The van der Waals surface area contributed by atoms with Gasteiger partial charge in [0.1, 0.15) is 11.3 Å². The highest BCUT2D eigenvalue weighted by molar-refractivity contribution is 6.12. The van der Waals surface area contributed by atoms with Crippen LogP contribution >= 0.6 is 0 Å². The fraction of sp³-hybridized carbons (Fsp3) is 0.0704. The number of aryl methyl sites for hydroxylation is 2. The molecule has 0 amide bonds. The molecule has 1 atom stereocenters. The second-order valence-electron chi connectivity index (χ2n) is 20.1. The number of hydrogen-bond acceptors (Lipinski definition) is 5. The van der Waals surface area contributed by atoms with Crippen LogP contribution in [-0.4, -0.2) is 9.97 Å². The van der Waals surface area contributed by atoms with Gasteiger partial charge in [0.25, 0.3) is 0 Å². The largest absolute Gasteiger partial charge is 0.456 e. The predicted octanol–water partition coefficient (Wildman–Crippen LogP) is 18.2. The fourth-order valence-corrected chi connectivity index (χ4v) is 12.4. The average Bonchev–Trinajstić information content (AvgIpc) is 4.21. The molecule has 362 valence electrons. The van der Waals surface area contributed by atoms with Crippen LogP contribution < -0.4 is 9.80 Å². The first-order valence-corrected chi connectivity index (χ1v) is 26.2. The number of para-hydroxylation sites is 1. The Morgan fingerprint density at radius 1 is 0.447 bits per heavy atom. The second kappa shape index (κ2) is 18.4. The van der Waals surface area contributed by atoms with Crippen molar-refractivity contribution in [2.75, 3.05) is 9.80 Å². The number of fused-ring (bicyclic) bond motifs is 8. The number of benzene rings is 9. The van der Waals surface area contributed by atoms with Gasteiger partial charge in [-0.05, 0) is 136 Å². The summed E-state index contributed by atoms with van der Waals surface area (Å²) >= 11 is 0. The molecular formula is C71H52N4O. The van der Waals surface area contributed by atoms with Crippen molar-refractivity contribution >= 4 is 55.8 Å². The van der Waals surface area contributed by atoms with E-state index in [4.69, 9.17) is 14.4 Å². The standard InChI is InChI=1S/C71H52N4O/c1-47-31-37-57(45-72-47)74(55-39-33-51(34-40-55)49-19-7-3-8-20-49)64-43-62-67(60-28-16-15-27-59(60)64)69-63(71(62,53-23-11-5-12-24-53)54-25-13-6-14-26-54)44-65(68-61-29-17-18-30-66(61)76-70(68)69)75(58-38-32-48(2)73-46-58)56-41-35-52(36-42-56)50-21-9-4-10-22-50/h3-43,45-46,65H,44H2,1-2H3/t65-/m0/s1. The minimum atomic E-state index is -0.774. The molecule has 0 unspecified atom stereocenters. The molecule has 3 heterocycles. The van der Waals surface area contributed by atoms with E-state index in [-0.39, 0.29) is 6.04 Å². The van der Waals surface area contributed by atoms with Crippen LogP contribution in [0.4, 0.5) is 28.4 Å². The number of furan rings is 1. The maximum Gasteiger partial charge on any atom is 0.141 e. The molecule has 0 radical (unpaired) electrons. The van der Waals surface area contributed by atoms with Crippen LogP contribution in [0.25, 0.3) is 49.6 Å². The smallest absolute Gasteiger partial charge is 0.141 e. The van der Waals surface area contributed by atoms with E-state index in [0.29, 0.717) is 6.42 Å². The van der Waals surface area contributed by atoms with Gasteiger partial charge in [-0.2, -0.15) is 0 Å². The van der Waals surface area contributed by atoms with E-state index >= 15 is 0 Å². The lowest BCUT2D eigenvalue weighted by Crippen LogP contribution is -2.34. The maximum absolute atomic E-state index is 7.48. The normalized spacial score (nSPS) is 14.3. The number of rotatable bonds is 10. The number of pyridine rings is 2. The Morgan fingerprint density at radius 3 is 1.49 bits per heavy atom. The lowest BCUT2D eigenvalue weighted by Gasteiger charge is -2.42. The van der Waals surface area contributed by atoms with E-state index in [0.717, 1.165) is 84.0 Å². The molecule has 14 rings (SSSR count). The monoisotopic (exact) mass is 976 g/mol. The minimum Gasteiger partial charge on any atom is -0.456 e. The molecular weight excluding hydrogens is 925 g/mol. The van der Waals surface area contributed by atoms with Gasteiger partial charge < -0.3 is 14.2 Å². The summed E-state index contributed by atoms with van der Waals surface area (Å²) in [5, 5.41) is 3.39. The van der Waals surface area contributed by atoms with Crippen LogP contribution in [0.3, 0.4) is 0 Å². The third-order valence-electron chi connectivity index (χ3n) is 15.8. The Morgan fingerprint density at radius 2 is 0.921 bits per heavy atom. The topological polar surface area (TPSA) is 45.4 Å². The van der Waals surface area contributed by atoms with Crippen molar-refractivity contribution in [3.63, 3.8) is 0 Å². The van der Waals surface area contributed by atoms with Crippen LogP contribution in [0.2, 0.25) is 0 Å². The number of hydrogen-bond donors (Lipinski definition) is 0. The SMILES string of the molecule is Cc1ccc(N(c2ccc(-c3ccccc3)cc2)c2cc3c(c4ccccc24)C2=C(C[C@H](N(c4ccc(-c5ccccc5)cc4)c4ccc(C)nc4)c4c2oc2ccccc42)C3(c2ccccc2)c2ccccc2)cn1. The maximum atomic E-state index is 7.48. The van der Waals surface area contributed by atoms with E-state index in [1.807, 2.05) is 19.3 Å².